The van der Waals surface area contributed by atoms with E-state index >= 15 is 0 Å². The van der Waals surface area contributed by atoms with Gasteiger partial charge < -0.3 is 0 Å². The number of hydrogen-bond donors (Lipinski definition) is 0. The molecule has 0 amide bonds. The van der Waals surface area contributed by atoms with Crippen LogP contribution in [0.1, 0.15) is 22.1 Å². The summed E-state index contributed by atoms with van der Waals surface area (Å²) in [5, 5.41) is 0.352. The summed E-state index contributed by atoms with van der Waals surface area (Å²) in [5.74, 6) is -1.35. The lowest BCUT2D eigenvalue weighted by atomic mass is 9.95. The molecule has 0 N–H and O–H groups in total. The molecular weight excluding hydrogens is 402 g/mol. The molecule has 2 aromatic carbocycles. The quantitative estimate of drug-likeness (QED) is 0.396. The third-order valence-corrected chi connectivity index (χ3v) is 4.70. The average Bonchev–Trinajstić information content (AvgIpc) is 3.06. The van der Waals surface area contributed by atoms with E-state index in [4.69, 9.17) is 46.4 Å². The molecule has 3 rings (SSSR count). The molecule has 1 aromatic heterocycles. The SMILES string of the molecule is O=C(c1nccn1-c1ccccc1)[C@@H](c1ccccc1Cl)C(Cl)(Cl)Cl. The van der Waals surface area contributed by atoms with Crippen LogP contribution in [-0.2, 0) is 0 Å². The Balaban J connectivity index is 2.10. The molecule has 3 aromatic rings. The Morgan fingerprint density at radius 1 is 1.00 bits per heavy atom. The van der Waals surface area contributed by atoms with Crippen molar-refractivity contribution in [3.8, 4) is 5.69 Å². The molecule has 1 atom stereocenters. The molecule has 3 nitrogen and oxygen atoms in total. The zero-order valence-electron chi connectivity index (χ0n) is 12.7. The van der Waals surface area contributed by atoms with Crippen LogP contribution < -0.4 is 0 Å². The van der Waals surface area contributed by atoms with Crippen molar-refractivity contribution in [3.05, 3.63) is 83.4 Å². The fraction of sp³-hybridized carbons (Fsp3) is 0.111. The number of para-hydroxylation sites is 1. The highest BCUT2D eigenvalue weighted by Gasteiger charge is 2.42. The first-order valence-corrected chi connectivity index (χ1v) is 8.85. The van der Waals surface area contributed by atoms with E-state index in [2.05, 4.69) is 4.98 Å². The number of imidazole rings is 1. The van der Waals surface area contributed by atoms with Gasteiger partial charge >= 0.3 is 0 Å². The minimum atomic E-state index is -1.88. The van der Waals surface area contributed by atoms with Crippen LogP contribution in [0.4, 0.5) is 0 Å². The molecule has 0 radical (unpaired) electrons. The Morgan fingerprint density at radius 3 is 2.28 bits per heavy atom. The summed E-state index contributed by atoms with van der Waals surface area (Å²) in [7, 11) is 0. The van der Waals surface area contributed by atoms with Gasteiger partial charge in [0.1, 0.15) is 0 Å². The van der Waals surface area contributed by atoms with E-state index in [-0.39, 0.29) is 5.82 Å². The highest BCUT2D eigenvalue weighted by Crippen LogP contribution is 2.45. The highest BCUT2D eigenvalue weighted by atomic mass is 35.6. The Hall–Kier alpha value is -1.52. The predicted molar refractivity (Wildman–Crippen MR) is 102 cm³/mol. The molecule has 7 heteroatoms. The molecule has 0 unspecified atom stereocenters. The number of carbonyl (C=O) groups excluding carboxylic acids is 1. The molecule has 0 aliphatic carbocycles. The molecule has 0 fully saturated rings. The summed E-state index contributed by atoms with van der Waals surface area (Å²) in [6.07, 6.45) is 3.22. The van der Waals surface area contributed by atoms with Crippen molar-refractivity contribution in [2.75, 3.05) is 0 Å². The van der Waals surface area contributed by atoms with E-state index in [9.17, 15) is 4.79 Å². The first-order valence-electron chi connectivity index (χ1n) is 7.33. The van der Waals surface area contributed by atoms with Crippen molar-refractivity contribution in [2.45, 2.75) is 9.71 Å². The maximum Gasteiger partial charge on any atom is 0.210 e. The number of nitrogens with zero attached hydrogens (tertiary/aromatic N) is 2. The van der Waals surface area contributed by atoms with Gasteiger partial charge in [0, 0.05) is 23.1 Å². The van der Waals surface area contributed by atoms with E-state index < -0.39 is 15.5 Å². The third-order valence-electron chi connectivity index (χ3n) is 3.70. The average molecular weight is 414 g/mol. The van der Waals surface area contributed by atoms with Crippen LogP contribution in [0.5, 0.6) is 0 Å². The summed E-state index contributed by atoms with van der Waals surface area (Å²) in [4.78, 5) is 17.4. The van der Waals surface area contributed by atoms with Crippen molar-refractivity contribution < 1.29 is 4.79 Å². The van der Waals surface area contributed by atoms with Gasteiger partial charge in [0.25, 0.3) is 0 Å². The molecule has 0 spiro atoms. The number of aromatic nitrogens is 2. The van der Waals surface area contributed by atoms with Crippen LogP contribution in [0.3, 0.4) is 0 Å². The lowest BCUT2D eigenvalue weighted by Crippen LogP contribution is -2.28. The van der Waals surface area contributed by atoms with Gasteiger partial charge in [-0.1, -0.05) is 82.8 Å². The molecule has 128 valence electrons. The number of carbonyl (C=O) groups is 1. The van der Waals surface area contributed by atoms with E-state index in [1.165, 1.54) is 6.20 Å². The van der Waals surface area contributed by atoms with Gasteiger partial charge in [-0.25, -0.2) is 4.98 Å². The Kier molecular flexibility index (Phi) is 5.40. The zero-order chi connectivity index (χ0) is 18.0. The van der Waals surface area contributed by atoms with Gasteiger partial charge in [-0.2, -0.15) is 0 Å². The number of Topliss-reactive ketones (excluding diaryl/α,β-unsaturated/α-hetero) is 1. The van der Waals surface area contributed by atoms with Gasteiger partial charge in [-0.3, -0.25) is 9.36 Å². The maximum atomic E-state index is 13.2. The Labute approximate surface area is 165 Å². The van der Waals surface area contributed by atoms with Crippen molar-refractivity contribution in [1.82, 2.24) is 9.55 Å². The lowest BCUT2D eigenvalue weighted by Gasteiger charge is -2.24. The molecule has 0 aliphatic heterocycles. The Morgan fingerprint density at radius 2 is 1.64 bits per heavy atom. The molecule has 0 saturated heterocycles. The van der Waals surface area contributed by atoms with Crippen LogP contribution >= 0.6 is 46.4 Å². The second kappa shape index (κ2) is 7.38. The van der Waals surface area contributed by atoms with E-state index in [1.54, 1.807) is 35.0 Å². The lowest BCUT2D eigenvalue weighted by molar-refractivity contribution is 0.0948. The molecular formula is C18H12Cl4N2O. The van der Waals surface area contributed by atoms with Crippen molar-refractivity contribution in [1.29, 1.82) is 0 Å². The number of ketones is 1. The van der Waals surface area contributed by atoms with Crippen LogP contribution in [0, 0.1) is 0 Å². The predicted octanol–water partition coefficient (Wildman–Crippen LogP) is 5.86. The smallest absolute Gasteiger partial charge is 0.210 e. The molecule has 25 heavy (non-hydrogen) atoms. The van der Waals surface area contributed by atoms with Crippen molar-refractivity contribution in [3.63, 3.8) is 0 Å². The number of hydrogen-bond acceptors (Lipinski definition) is 2. The Bertz CT molecular complexity index is 887. The summed E-state index contributed by atoms with van der Waals surface area (Å²) < 4.78 is -0.224. The minimum absolute atomic E-state index is 0.169. The molecule has 1 heterocycles. The van der Waals surface area contributed by atoms with Gasteiger partial charge in [0.15, 0.2) is 5.82 Å². The molecule has 0 aliphatic rings. The maximum absolute atomic E-state index is 13.2. The van der Waals surface area contributed by atoms with E-state index in [1.807, 2.05) is 30.3 Å². The first kappa shape index (κ1) is 18.3. The number of benzene rings is 2. The van der Waals surface area contributed by atoms with Crippen molar-refractivity contribution >= 4 is 52.2 Å². The van der Waals surface area contributed by atoms with Crippen LogP contribution in [0.25, 0.3) is 5.69 Å². The third kappa shape index (κ3) is 3.85. The standard InChI is InChI=1S/C18H12Cl4N2O/c19-14-9-5-4-8-13(14)15(18(20,21)22)16(25)17-23-10-11-24(17)12-6-2-1-3-7-12/h1-11,15H/t15-/m1/s1. The zero-order valence-corrected chi connectivity index (χ0v) is 15.8. The van der Waals surface area contributed by atoms with Gasteiger partial charge in [0.05, 0.1) is 5.92 Å². The van der Waals surface area contributed by atoms with Crippen LogP contribution in [0.2, 0.25) is 5.02 Å². The summed E-state index contributed by atoms with van der Waals surface area (Å²) in [6.45, 7) is 0. The monoisotopic (exact) mass is 412 g/mol. The fourth-order valence-electron chi connectivity index (χ4n) is 2.59. The highest BCUT2D eigenvalue weighted by molar-refractivity contribution is 6.69. The van der Waals surface area contributed by atoms with E-state index in [0.717, 1.165) is 5.69 Å². The molecule has 0 saturated carbocycles. The molecule has 0 bridgehead atoms. The fourth-order valence-corrected chi connectivity index (χ4v) is 3.48. The number of halogens is 4. The summed E-state index contributed by atoms with van der Waals surface area (Å²) >= 11 is 24.6. The normalized spacial score (nSPS) is 12.8. The topological polar surface area (TPSA) is 34.9 Å². The summed E-state index contributed by atoms with van der Waals surface area (Å²) in [6, 6.07) is 16.1. The second-order valence-corrected chi connectivity index (χ2v) is 8.09. The largest absolute Gasteiger partial charge is 0.297 e. The van der Waals surface area contributed by atoms with Gasteiger partial charge in [-0.15, -0.1) is 0 Å². The summed E-state index contributed by atoms with van der Waals surface area (Å²) in [5.41, 5.74) is 1.22. The first-order chi connectivity index (χ1) is 11.9. The van der Waals surface area contributed by atoms with Gasteiger partial charge in [0.2, 0.25) is 9.58 Å². The van der Waals surface area contributed by atoms with E-state index in [0.29, 0.717) is 10.6 Å². The second-order valence-electron chi connectivity index (χ2n) is 5.32. The van der Waals surface area contributed by atoms with Gasteiger partial charge in [-0.05, 0) is 23.8 Å². The van der Waals surface area contributed by atoms with Crippen LogP contribution in [-0.4, -0.2) is 19.1 Å². The van der Waals surface area contributed by atoms with Crippen molar-refractivity contribution in [2.24, 2.45) is 0 Å². The minimum Gasteiger partial charge on any atom is -0.297 e. The number of alkyl halides is 3. The van der Waals surface area contributed by atoms with Crippen LogP contribution in [0.15, 0.2) is 67.0 Å². The number of rotatable bonds is 4.